The van der Waals surface area contributed by atoms with Crippen molar-refractivity contribution in [2.75, 3.05) is 67.5 Å². The van der Waals surface area contributed by atoms with Crippen molar-refractivity contribution in [1.82, 2.24) is 30.2 Å². The Hall–Kier alpha value is -5.08. The number of piperidine rings is 2. The molecule has 0 spiro atoms. The molecule has 14 heteroatoms. The summed E-state index contributed by atoms with van der Waals surface area (Å²) in [6, 6.07) is 15.0. The quantitative estimate of drug-likeness (QED) is 0.335. The van der Waals surface area contributed by atoms with E-state index in [0.717, 1.165) is 93.7 Å². The third-order valence-electron chi connectivity index (χ3n) is 11.8. The molecule has 4 amide bonds. The van der Waals surface area contributed by atoms with Gasteiger partial charge in [-0.25, -0.2) is 0 Å². The lowest BCUT2D eigenvalue weighted by atomic mass is 9.98. The van der Waals surface area contributed by atoms with E-state index in [2.05, 4.69) is 40.4 Å². The van der Waals surface area contributed by atoms with Crippen LogP contribution in [0.1, 0.15) is 52.8 Å². The number of para-hydroxylation sites is 1. The number of benzene rings is 2. The van der Waals surface area contributed by atoms with Crippen LogP contribution in [0.2, 0.25) is 0 Å². The lowest BCUT2D eigenvalue weighted by molar-refractivity contribution is -0.136. The van der Waals surface area contributed by atoms with Gasteiger partial charge in [-0.1, -0.05) is 12.1 Å². The first kappa shape index (κ1) is 31.9. The lowest BCUT2D eigenvalue weighted by Gasteiger charge is -2.49. The zero-order chi connectivity index (χ0) is 34.8. The van der Waals surface area contributed by atoms with Gasteiger partial charge >= 0.3 is 0 Å². The van der Waals surface area contributed by atoms with E-state index in [1.807, 2.05) is 24.3 Å². The number of phenols is 1. The number of nitrogens with one attached hydrogen (secondary N) is 2. The number of amides is 4. The smallest absolute Gasteiger partial charge is 0.262 e. The molecule has 3 unspecified atom stereocenters. The number of aromatic nitrogens is 2. The Morgan fingerprint density at radius 2 is 1.53 bits per heavy atom. The van der Waals surface area contributed by atoms with E-state index in [9.17, 15) is 24.3 Å². The molecule has 3 atom stereocenters. The summed E-state index contributed by atoms with van der Waals surface area (Å²) in [5.41, 5.74) is 3.95. The Morgan fingerprint density at radius 1 is 0.725 bits per heavy atom. The van der Waals surface area contributed by atoms with Crippen molar-refractivity contribution in [2.45, 2.75) is 56.3 Å². The number of rotatable bonds is 5. The average Bonchev–Trinajstić information content (AvgIpc) is 3.74. The normalized spacial score (nSPS) is 25.8. The second-order valence-corrected chi connectivity index (χ2v) is 14.5. The maximum absolute atomic E-state index is 13.4. The van der Waals surface area contributed by atoms with Gasteiger partial charge in [-0.15, -0.1) is 10.2 Å². The molecule has 1 aromatic heterocycles. The van der Waals surface area contributed by atoms with Crippen LogP contribution in [0, 0.1) is 0 Å². The fraction of sp³-hybridized carbons (Fsp3) is 0.459. The second kappa shape index (κ2) is 12.6. The van der Waals surface area contributed by atoms with Gasteiger partial charge in [-0.05, 0) is 75.2 Å². The Bertz CT molecular complexity index is 1930. The van der Waals surface area contributed by atoms with Crippen molar-refractivity contribution in [2.24, 2.45) is 0 Å². The van der Waals surface area contributed by atoms with Crippen molar-refractivity contribution >= 4 is 40.8 Å². The van der Waals surface area contributed by atoms with E-state index in [1.54, 1.807) is 24.3 Å². The molecule has 14 nitrogen and oxygen atoms in total. The van der Waals surface area contributed by atoms with Crippen LogP contribution in [-0.2, 0) is 9.59 Å². The summed E-state index contributed by atoms with van der Waals surface area (Å²) < 4.78 is 0. The molecule has 0 saturated carbocycles. The third-order valence-corrected chi connectivity index (χ3v) is 11.8. The number of anilines is 3. The Labute approximate surface area is 295 Å². The van der Waals surface area contributed by atoms with Crippen LogP contribution in [0.15, 0.2) is 48.5 Å². The molecule has 0 aliphatic carbocycles. The summed E-state index contributed by atoms with van der Waals surface area (Å²) in [5, 5.41) is 25.0. The number of hydrogen-bond acceptors (Lipinski definition) is 12. The van der Waals surface area contributed by atoms with Gasteiger partial charge in [0.25, 0.3) is 11.8 Å². The van der Waals surface area contributed by atoms with Crippen LogP contribution < -0.4 is 20.4 Å². The number of phenolic OH excluding ortho intramolecular Hbond substituents is 1. The Balaban J connectivity index is 0.799. The number of fused-ring (bicyclic) bond motifs is 4. The minimum absolute atomic E-state index is 0.102. The van der Waals surface area contributed by atoms with Crippen molar-refractivity contribution in [3.05, 3.63) is 59.7 Å². The summed E-state index contributed by atoms with van der Waals surface area (Å²) in [7, 11) is 0. The van der Waals surface area contributed by atoms with Crippen LogP contribution >= 0.6 is 0 Å². The van der Waals surface area contributed by atoms with Crippen molar-refractivity contribution < 1.29 is 24.3 Å². The molecule has 9 rings (SSSR count). The van der Waals surface area contributed by atoms with Crippen LogP contribution in [-0.4, -0.2) is 130 Å². The average molecular weight is 692 g/mol. The molecule has 0 radical (unpaired) electrons. The number of hydrogen-bond donors (Lipinski definition) is 3. The zero-order valence-electron chi connectivity index (χ0n) is 28.3. The number of carbonyl (C=O) groups excluding carboxylic acids is 4. The van der Waals surface area contributed by atoms with Crippen molar-refractivity contribution in [3.63, 3.8) is 0 Å². The molecule has 3 aromatic rings. The fourth-order valence-corrected chi connectivity index (χ4v) is 9.01. The van der Waals surface area contributed by atoms with E-state index in [1.165, 1.54) is 0 Å². The minimum Gasteiger partial charge on any atom is -0.507 e. The van der Waals surface area contributed by atoms with Gasteiger partial charge in [0.15, 0.2) is 5.82 Å². The molecule has 6 aliphatic heterocycles. The maximum atomic E-state index is 13.4. The SMILES string of the molecule is O=C1CCC(N2C(=O)c3ccc(N4CCC(N5CCC(N6CCN7c8cc(-c9ccccc9O)nnc8NCC7C6)CC5)C4)cc3C2=O)C(=O)N1. The standard InChI is InChI=1S/C37H41N9O5/c47-32-4-2-1-3-27(32)29-18-31-34(41-40-29)38-19-25-21-44(15-16-45(25)31)22-9-12-42(13-10-22)24-11-14-43(20-24)23-5-6-26-28(17-23)37(51)46(36(26)50)30-7-8-33(48)39-35(30)49/h1-6,17-18,22,24-25,30,47H,7-16,19-21H2,(H,38,41)(H,39,48,49). The number of likely N-dealkylation sites (tertiary alicyclic amines) is 1. The highest BCUT2D eigenvalue weighted by Gasteiger charge is 2.45. The molecule has 51 heavy (non-hydrogen) atoms. The van der Waals surface area contributed by atoms with E-state index in [4.69, 9.17) is 0 Å². The Morgan fingerprint density at radius 3 is 2.35 bits per heavy atom. The monoisotopic (exact) mass is 691 g/mol. The summed E-state index contributed by atoms with van der Waals surface area (Å²) in [5.74, 6) is -0.923. The van der Waals surface area contributed by atoms with Gasteiger partial charge in [0, 0.05) is 69.0 Å². The largest absolute Gasteiger partial charge is 0.507 e. The molecule has 6 aliphatic rings. The van der Waals surface area contributed by atoms with Crippen molar-refractivity contribution in [1.29, 1.82) is 0 Å². The van der Waals surface area contributed by atoms with Crippen molar-refractivity contribution in [3.8, 4) is 17.0 Å². The molecule has 4 saturated heterocycles. The van der Waals surface area contributed by atoms with E-state index >= 15 is 0 Å². The maximum Gasteiger partial charge on any atom is 0.262 e. The first-order valence-electron chi connectivity index (χ1n) is 18.1. The highest BCUT2D eigenvalue weighted by Crippen LogP contribution is 2.37. The van der Waals surface area contributed by atoms with Gasteiger partial charge in [-0.2, -0.15) is 0 Å². The van der Waals surface area contributed by atoms with E-state index in [0.29, 0.717) is 40.5 Å². The topological polar surface area (TPSA) is 155 Å². The summed E-state index contributed by atoms with van der Waals surface area (Å²) in [6.07, 6.45) is 3.54. The molecular weight excluding hydrogens is 650 g/mol. The highest BCUT2D eigenvalue weighted by molar-refractivity contribution is 6.23. The van der Waals surface area contributed by atoms with Crippen LogP contribution in [0.3, 0.4) is 0 Å². The summed E-state index contributed by atoms with van der Waals surface area (Å²) in [6.45, 7) is 7.55. The van der Waals surface area contributed by atoms with Crippen LogP contribution in [0.4, 0.5) is 17.2 Å². The number of aromatic hydroxyl groups is 1. The number of nitrogens with zero attached hydrogens (tertiary/aromatic N) is 7. The molecule has 4 fully saturated rings. The number of imide groups is 2. The number of carbonyl (C=O) groups is 4. The molecule has 0 bridgehead atoms. The van der Waals surface area contributed by atoms with E-state index in [-0.39, 0.29) is 24.5 Å². The molecule has 264 valence electrons. The second-order valence-electron chi connectivity index (χ2n) is 14.5. The van der Waals surface area contributed by atoms with Crippen LogP contribution in [0.5, 0.6) is 5.75 Å². The van der Waals surface area contributed by atoms with Gasteiger partial charge in [-0.3, -0.25) is 39.2 Å². The van der Waals surface area contributed by atoms with Gasteiger partial charge in [0.2, 0.25) is 11.8 Å². The molecular formula is C37H41N9O5. The first-order chi connectivity index (χ1) is 24.8. The Kier molecular flexibility index (Phi) is 7.88. The fourth-order valence-electron chi connectivity index (χ4n) is 9.01. The van der Waals surface area contributed by atoms with Gasteiger partial charge < -0.3 is 20.2 Å². The predicted octanol–water partition coefficient (Wildman–Crippen LogP) is 1.91. The first-order valence-corrected chi connectivity index (χ1v) is 18.1. The highest BCUT2D eigenvalue weighted by atomic mass is 16.3. The molecule has 7 heterocycles. The van der Waals surface area contributed by atoms with Gasteiger partial charge in [0.1, 0.15) is 11.8 Å². The minimum atomic E-state index is -0.961. The van der Waals surface area contributed by atoms with Gasteiger partial charge in [0.05, 0.1) is 28.6 Å². The lowest BCUT2D eigenvalue weighted by Crippen LogP contribution is -2.61. The predicted molar refractivity (Wildman–Crippen MR) is 189 cm³/mol. The third kappa shape index (κ3) is 5.57. The number of piperazine rings is 1. The summed E-state index contributed by atoms with van der Waals surface area (Å²) in [4.78, 5) is 61.7. The zero-order valence-corrected chi connectivity index (χ0v) is 28.3. The molecule has 2 aromatic carbocycles. The molecule has 3 N–H and O–H groups in total. The van der Waals surface area contributed by atoms with E-state index < -0.39 is 23.8 Å². The van der Waals surface area contributed by atoms with Crippen LogP contribution in [0.25, 0.3) is 11.3 Å². The summed E-state index contributed by atoms with van der Waals surface area (Å²) >= 11 is 0.